The summed E-state index contributed by atoms with van der Waals surface area (Å²) in [6.45, 7) is 4.35. The van der Waals surface area contributed by atoms with Gasteiger partial charge < -0.3 is 35.0 Å². The van der Waals surface area contributed by atoms with Gasteiger partial charge in [0.2, 0.25) is 15.8 Å². The Morgan fingerprint density at radius 3 is 1.88 bits per heavy atom. The molecule has 0 radical (unpaired) electrons. The Bertz CT molecular complexity index is 3010. The number of H-pyrrole nitrogens is 1. The molecule has 0 fully saturated rings. The Kier molecular flexibility index (Phi) is 14.3. The summed E-state index contributed by atoms with van der Waals surface area (Å²) in [5.74, 6) is 1.08. The van der Waals surface area contributed by atoms with E-state index in [1.165, 1.54) is 35.5 Å². The summed E-state index contributed by atoms with van der Waals surface area (Å²) in [5.41, 5.74) is 8.89. The Morgan fingerprint density at radius 1 is 0.776 bits per heavy atom. The van der Waals surface area contributed by atoms with Crippen molar-refractivity contribution in [3.05, 3.63) is 132 Å². The number of alkyl carbamates (subject to hydrolysis) is 1. The lowest BCUT2D eigenvalue weighted by Crippen LogP contribution is -2.35. The van der Waals surface area contributed by atoms with Crippen molar-refractivity contribution >= 4 is 31.9 Å². The van der Waals surface area contributed by atoms with Gasteiger partial charge in [0.25, 0.3) is 0 Å². The number of amides is 1. The highest BCUT2D eigenvalue weighted by Crippen LogP contribution is 2.42. The molecule has 0 aliphatic heterocycles. The first kappa shape index (κ1) is 47.7. The zero-order valence-corrected chi connectivity index (χ0v) is 39.4. The maximum atomic E-state index is 16.0. The Hall–Kier alpha value is -7.29. The van der Waals surface area contributed by atoms with Gasteiger partial charge in [-0.3, -0.25) is 0 Å². The summed E-state index contributed by atoms with van der Waals surface area (Å²) in [7, 11) is -4.88. The van der Waals surface area contributed by atoms with Crippen LogP contribution in [0.15, 0.2) is 125 Å². The first-order chi connectivity index (χ1) is 32.0. The van der Waals surface area contributed by atoms with Gasteiger partial charge in [-0.2, -0.15) is 9.10 Å². The molecule has 0 saturated heterocycles. The molecule has 2 heterocycles. The number of sulfone groups is 1. The first-order valence-corrected chi connectivity index (χ1v) is 24.0. The number of aromatic nitrogens is 6. The van der Waals surface area contributed by atoms with Gasteiger partial charge >= 0.3 is 6.09 Å². The monoisotopic (exact) mass is 949 g/mol. The molecule has 0 atom stereocenters. The number of aromatic amines is 1. The number of hydrogen-bond acceptors (Lipinski definition) is 14. The van der Waals surface area contributed by atoms with E-state index < -0.39 is 53.6 Å². The van der Waals surface area contributed by atoms with E-state index in [1.807, 2.05) is 18.2 Å². The highest BCUT2D eigenvalue weighted by molar-refractivity contribution is 7.93. The molecule has 0 aliphatic rings. The van der Waals surface area contributed by atoms with Crippen LogP contribution in [0.5, 0.6) is 17.2 Å². The van der Waals surface area contributed by atoms with Crippen molar-refractivity contribution in [2.24, 2.45) is 0 Å². The third-order valence-electron chi connectivity index (χ3n) is 10.4. The molecule has 7 rings (SSSR count). The smallest absolute Gasteiger partial charge is 0.407 e. The van der Waals surface area contributed by atoms with Gasteiger partial charge in [0.15, 0.2) is 15.8 Å². The van der Waals surface area contributed by atoms with Gasteiger partial charge in [0, 0.05) is 25.2 Å². The van der Waals surface area contributed by atoms with Crippen LogP contribution in [-0.2, 0) is 44.2 Å². The molecular weight excluding hydrogens is 899 g/mol. The molecule has 5 aromatic carbocycles. The summed E-state index contributed by atoms with van der Waals surface area (Å²) in [5, 5.41) is 16.0. The molecule has 7 aromatic rings. The number of nitrogens with one attached hydrogen (secondary N) is 2. The van der Waals surface area contributed by atoms with Crippen LogP contribution in [0.2, 0.25) is 0 Å². The van der Waals surface area contributed by atoms with Crippen molar-refractivity contribution in [2.45, 2.75) is 55.8 Å². The Labute approximate surface area is 389 Å². The quantitative estimate of drug-likeness (QED) is 0.0808. The summed E-state index contributed by atoms with van der Waals surface area (Å²) in [6, 6.07) is 30.9. The molecule has 67 heavy (non-hydrogen) atoms. The predicted molar refractivity (Wildman–Crippen MR) is 251 cm³/mol. The van der Waals surface area contributed by atoms with Gasteiger partial charge in [-0.1, -0.05) is 60.7 Å². The van der Waals surface area contributed by atoms with Crippen molar-refractivity contribution < 1.29 is 40.6 Å². The zero-order valence-electron chi connectivity index (χ0n) is 37.8. The molecule has 20 heteroatoms. The molecule has 0 unspecified atom stereocenters. The summed E-state index contributed by atoms with van der Waals surface area (Å²) >= 11 is 0. The van der Waals surface area contributed by atoms with Crippen molar-refractivity contribution in [1.82, 2.24) is 39.8 Å². The summed E-state index contributed by atoms with van der Waals surface area (Å²) in [6.07, 6.45) is 0.725. The van der Waals surface area contributed by atoms with E-state index >= 15 is 8.42 Å². The molecule has 0 saturated carbocycles. The van der Waals surface area contributed by atoms with E-state index in [0.717, 1.165) is 5.56 Å². The number of imidazole rings is 1. The number of carbonyl (C=O) groups excluding carboxylic acids is 1. The molecular formula is C47H51N9O9S2. The minimum Gasteiger partial charge on any atom is -0.497 e. The van der Waals surface area contributed by atoms with Crippen LogP contribution in [0.25, 0.3) is 33.8 Å². The number of methoxy groups -OCH3 is 3. The highest BCUT2D eigenvalue weighted by Gasteiger charge is 2.38. The van der Waals surface area contributed by atoms with Gasteiger partial charge in [-0.05, 0) is 102 Å². The highest BCUT2D eigenvalue weighted by atomic mass is 32.2. The second-order valence-electron chi connectivity index (χ2n) is 16.3. The average molecular weight is 950 g/mol. The minimum absolute atomic E-state index is 0.126. The van der Waals surface area contributed by atoms with Crippen LogP contribution >= 0.6 is 0 Å². The van der Waals surface area contributed by atoms with E-state index in [2.05, 4.69) is 25.6 Å². The lowest BCUT2D eigenvalue weighted by atomic mass is 9.97. The maximum Gasteiger partial charge on any atom is 0.407 e. The molecule has 4 N–H and O–H groups in total. The third-order valence-corrected chi connectivity index (χ3v) is 14.1. The lowest BCUT2D eigenvalue weighted by molar-refractivity contribution is 0.0531. The fraction of sp³-hybridized carbons (Fsp3) is 0.255. The topological polar surface area (TPSA) is 236 Å². The molecule has 0 aliphatic carbocycles. The number of hydrogen-bond donors (Lipinski definition) is 3. The number of sulfonamides is 1. The van der Waals surface area contributed by atoms with Crippen molar-refractivity contribution in [3.8, 4) is 51.0 Å². The average Bonchev–Trinajstić information content (AvgIpc) is 3.97. The zero-order chi connectivity index (χ0) is 47.9. The van der Waals surface area contributed by atoms with Crippen LogP contribution in [0, 0.1) is 0 Å². The summed E-state index contributed by atoms with van der Waals surface area (Å²) in [4.78, 5) is 20.0. The van der Waals surface area contributed by atoms with Crippen molar-refractivity contribution in [2.75, 3.05) is 39.4 Å². The molecule has 0 bridgehead atoms. The normalized spacial score (nSPS) is 11.9. The lowest BCUT2D eigenvalue weighted by Gasteiger charge is -2.26. The van der Waals surface area contributed by atoms with E-state index in [-0.39, 0.29) is 42.5 Å². The van der Waals surface area contributed by atoms with E-state index in [9.17, 15) is 13.2 Å². The van der Waals surface area contributed by atoms with E-state index in [1.54, 1.807) is 113 Å². The standard InChI is InChI=1S/C47H51N9O9S2/c1-47(2,3)65-46(57)49-24-25-66(58,59)41-23-22-39(34-8-7-9-35(26-34)40-27-50-45(48)51-40)42(44-52-54-56(53-44)30-33-14-20-38(64-6)21-15-33)43(41)67(60,61)55(28-31-10-16-36(62-4)17-11-31)29-32-12-18-37(63-5)19-13-32/h7-23,26-27H,24-25,28-30H2,1-6H3,(H,49,57)(H3,48,50,51). The first-order valence-electron chi connectivity index (χ1n) is 20.9. The number of carbonyl (C=O) groups is 1. The Morgan fingerprint density at radius 2 is 1.34 bits per heavy atom. The predicted octanol–water partition coefficient (Wildman–Crippen LogP) is 6.74. The molecule has 350 valence electrons. The maximum absolute atomic E-state index is 16.0. The SMILES string of the molecule is COc1ccc(CN(Cc2ccc(OC)cc2)S(=O)(=O)c2c(S(=O)(=O)CCNC(=O)OC(C)(C)C)ccc(-c3cccc(-c4cnc(N)[nH]4)c3)c2-c2nnn(Cc3ccc(OC)cc3)n2)cc1. The van der Waals surface area contributed by atoms with Gasteiger partial charge in [0.1, 0.15) is 27.7 Å². The number of nitrogens with zero attached hydrogens (tertiary/aromatic N) is 6. The van der Waals surface area contributed by atoms with Crippen LogP contribution in [0.1, 0.15) is 37.5 Å². The van der Waals surface area contributed by atoms with Crippen molar-refractivity contribution in [1.29, 1.82) is 0 Å². The fourth-order valence-corrected chi connectivity index (χ4v) is 10.7. The molecule has 0 spiro atoms. The van der Waals surface area contributed by atoms with Crippen LogP contribution in [0.4, 0.5) is 10.7 Å². The number of nitrogens with two attached hydrogens (primary N) is 1. The number of nitrogen functional groups attached to an aromatic ring is 1. The Balaban J connectivity index is 1.47. The summed E-state index contributed by atoms with van der Waals surface area (Å²) < 4.78 is 84.3. The third kappa shape index (κ3) is 11.6. The van der Waals surface area contributed by atoms with Gasteiger partial charge in [0.05, 0.1) is 56.0 Å². The van der Waals surface area contributed by atoms with Gasteiger partial charge in [-0.25, -0.2) is 26.6 Å². The van der Waals surface area contributed by atoms with E-state index in [4.69, 9.17) is 29.8 Å². The number of rotatable bonds is 18. The second-order valence-corrected chi connectivity index (χ2v) is 20.2. The van der Waals surface area contributed by atoms with Crippen molar-refractivity contribution in [3.63, 3.8) is 0 Å². The van der Waals surface area contributed by atoms with E-state index in [0.29, 0.717) is 45.2 Å². The molecule has 18 nitrogen and oxygen atoms in total. The number of tetrazole rings is 1. The second kappa shape index (κ2) is 20.1. The largest absolute Gasteiger partial charge is 0.497 e. The number of benzene rings is 5. The number of ether oxygens (including phenoxy) is 4. The van der Waals surface area contributed by atoms with Gasteiger partial charge in [-0.15, -0.1) is 10.2 Å². The molecule has 2 aromatic heterocycles. The number of anilines is 1. The van der Waals surface area contributed by atoms with Crippen LogP contribution in [0.3, 0.4) is 0 Å². The molecule has 1 amide bonds. The van der Waals surface area contributed by atoms with Crippen LogP contribution in [-0.4, -0.2) is 96.6 Å². The fourth-order valence-electron chi connectivity index (χ4n) is 7.10. The minimum atomic E-state index is -4.92. The van der Waals surface area contributed by atoms with Crippen LogP contribution < -0.4 is 25.3 Å².